The molecule has 0 saturated carbocycles. The molecule has 0 bridgehead atoms. The maximum absolute atomic E-state index is 12.6. The average Bonchev–Trinajstić information content (AvgIpc) is 2.41. The summed E-state index contributed by atoms with van der Waals surface area (Å²) in [5.74, 6) is 0.186. The van der Waals surface area contributed by atoms with Gasteiger partial charge in [0, 0.05) is 33.3 Å². The van der Waals surface area contributed by atoms with Crippen LogP contribution in [0.5, 0.6) is 0 Å². The van der Waals surface area contributed by atoms with Crippen molar-refractivity contribution in [2.45, 2.75) is 25.5 Å². The number of methoxy groups -OCH3 is 1. The highest BCUT2D eigenvalue weighted by Crippen LogP contribution is 2.23. The van der Waals surface area contributed by atoms with Crippen molar-refractivity contribution in [1.29, 1.82) is 0 Å². The largest absolute Gasteiger partial charge is 0.382 e. The molecule has 0 atom stereocenters. The second-order valence-corrected chi connectivity index (χ2v) is 5.85. The molecule has 0 aromatic heterocycles. The van der Waals surface area contributed by atoms with Gasteiger partial charge >= 0.3 is 0 Å². The number of carbonyl (C=O) groups excluding carboxylic acids is 1. The molecule has 20 heavy (non-hydrogen) atoms. The quantitative estimate of drug-likeness (QED) is 0.642. The fourth-order valence-corrected chi connectivity index (χ4v) is 2.65. The highest BCUT2D eigenvalue weighted by molar-refractivity contribution is 5.86. The standard InChI is InChI=1S/C14H26N2O4/c1-14(2,16-4-6-19-7-5-16)13(17)15-10-12(11-15)20-9-8-18-3/h12H,4-11H2,1-3H3. The maximum Gasteiger partial charge on any atom is 0.242 e. The summed E-state index contributed by atoms with van der Waals surface area (Å²) >= 11 is 0. The molecular formula is C14H26N2O4. The van der Waals surface area contributed by atoms with Gasteiger partial charge in [0.05, 0.1) is 38.1 Å². The topological polar surface area (TPSA) is 51.2 Å². The third-order valence-corrected chi connectivity index (χ3v) is 4.10. The Bertz CT molecular complexity index is 323. The number of rotatable bonds is 6. The van der Waals surface area contributed by atoms with Gasteiger partial charge in [-0.3, -0.25) is 9.69 Å². The van der Waals surface area contributed by atoms with Crippen LogP contribution in [0.4, 0.5) is 0 Å². The Hall–Kier alpha value is -0.690. The van der Waals surface area contributed by atoms with Crippen LogP contribution in [0.2, 0.25) is 0 Å². The minimum Gasteiger partial charge on any atom is -0.382 e. The highest BCUT2D eigenvalue weighted by atomic mass is 16.5. The average molecular weight is 286 g/mol. The lowest BCUT2D eigenvalue weighted by Crippen LogP contribution is -2.65. The smallest absolute Gasteiger partial charge is 0.242 e. The van der Waals surface area contributed by atoms with Crippen molar-refractivity contribution in [3.05, 3.63) is 0 Å². The molecule has 0 aromatic rings. The molecule has 0 spiro atoms. The number of ether oxygens (including phenoxy) is 3. The van der Waals surface area contributed by atoms with E-state index in [9.17, 15) is 4.79 Å². The molecule has 1 amide bonds. The SMILES string of the molecule is COCCOC1CN(C(=O)C(C)(C)N2CCOCC2)C1. The predicted molar refractivity (Wildman–Crippen MR) is 74.7 cm³/mol. The Balaban J connectivity index is 1.77. The van der Waals surface area contributed by atoms with Crippen molar-refractivity contribution in [2.75, 3.05) is 59.7 Å². The van der Waals surface area contributed by atoms with E-state index in [0.717, 1.165) is 13.1 Å². The monoisotopic (exact) mass is 286 g/mol. The summed E-state index contributed by atoms with van der Waals surface area (Å²) < 4.78 is 15.9. The Morgan fingerprint density at radius 1 is 1.25 bits per heavy atom. The van der Waals surface area contributed by atoms with Gasteiger partial charge in [0.2, 0.25) is 5.91 Å². The third-order valence-electron chi connectivity index (χ3n) is 4.10. The van der Waals surface area contributed by atoms with Crippen LogP contribution >= 0.6 is 0 Å². The van der Waals surface area contributed by atoms with Gasteiger partial charge in [-0.1, -0.05) is 0 Å². The molecule has 0 aromatic carbocycles. The molecule has 6 heteroatoms. The van der Waals surface area contributed by atoms with Crippen molar-refractivity contribution in [3.63, 3.8) is 0 Å². The summed E-state index contributed by atoms with van der Waals surface area (Å²) in [4.78, 5) is 16.7. The molecule has 2 aliphatic rings. The summed E-state index contributed by atoms with van der Waals surface area (Å²) in [6, 6.07) is 0. The summed E-state index contributed by atoms with van der Waals surface area (Å²) in [6.45, 7) is 9.63. The van der Waals surface area contributed by atoms with Gasteiger partial charge in [-0.05, 0) is 13.8 Å². The van der Waals surface area contributed by atoms with Crippen LogP contribution in [-0.4, -0.2) is 87.1 Å². The lowest BCUT2D eigenvalue weighted by Gasteiger charge is -2.47. The molecule has 2 saturated heterocycles. The van der Waals surface area contributed by atoms with Gasteiger partial charge in [-0.25, -0.2) is 0 Å². The molecule has 6 nitrogen and oxygen atoms in total. The molecule has 0 unspecified atom stereocenters. The molecule has 2 heterocycles. The van der Waals surface area contributed by atoms with Crippen LogP contribution < -0.4 is 0 Å². The first-order valence-corrected chi connectivity index (χ1v) is 7.28. The van der Waals surface area contributed by atoms with Gasteiger partial charge in [-0.15, -0.1) is 0 Å². The summed E-state index contributed by atoms with van der Waals surface area (Å²) in [6.07, 6.45) is 0.162. The summed E-state index contributed by atoms with van der Waals surface area (Å²) in [7, 11) is 1.66. The van der Waals surface area contributed by atoms with Gasteiger partial charge in [0.15, 0.2) is 0 Å². The summed E-state index contributed by atoms with van der Waals surface area (Å²) in [5, 5.41) is 0. The molecule has 116 valence electrons. The summed E-state index contributed by atoms with van der Waals surface area (Å²) in [5.41, 5.74) is -0.457. The van der Waals surface area contributed by atoms with E-state index >= 15 is 0 Å². The molecule has 0 radical (unpaired) electrons. The first kappa shape index (κ1) is 15.7. The lowest BCUT2D eigenvalue weighted by atomic mass is 9.97. The number of likely N-dealkylation sites (tertiary alicyclic amines) is 1. The molecule has 2 fully saturated rings. The molecule has 2 aliphatic heterocycles. The van der Waals surface area contributed by atoms with E-state index in [1.807, 2.05) is 18.7 Å². The van der Waals surface area contributed by atoms with Crippen molar-refractivity contribution in [2.24, 2.45) is 0 Å². The number of amides is 1. The zero-order valence-corrected chi connectivity index (χ0v) is 12.8. The molecule has 0 aliphatic carbocycles. The van der Waals surface area contributed by atoms with E-state index in [1.54, 1.807) is 7.11 Å². The zero-order chi connectivity index (χ0) is 14.6. The van der Waals surface area contributed by atoms with Crippen LogP contribution in [0.25, 0.3) is 0 Å². The van der Waals surface area contributed by atoms with E-state index in [4.69, 9.17) is 14.2 Å². The van der Waals surface area contributed by atoms with Crippen LogP contribution in [-0.2, 0) is 19.0 Å². The Labute approximate surface area is 120 Å². The van der Waals surface area contributed by atoms with Gasteiger partial charge in [0.1, 0.15) is 0 Å². The highest BCUT2D eigenvalue weighted by Gasteiger charge is 2.42. The first-order chi connectivity index (χ1) is 9.55. The Morgan fingerprint density at radius 2 is 1.90 bits per heavy atom. The molecule has 0 N–H and O–H groups in total. The van der Waals surface area contributed by atoms with Crippen LogP contribution in [0.1, 0.15) is 13.8 Å². The van der Waals surface area contributed by atoms with E-state index in [1.165, 1.54) is 0 Å². The van der Waals surface area contributed by atoms with Gasteiger partial charge in [0.25, 0.3) is 0 Å². The maximum atomic E-state index is 12.6. The fourth-order valence-electron chi connectivity index (χ4n) is 2.65. The predicted octanol–water partition coefficient (Wildman–Crippen LogP) is -0.0290. The minimum absolute atomic E-state index is 0.162. The normalized spacial score (nSPS) is 21.9. The van der Waals surface area contributed by atoms with E-state index in [0.29, 0.717) is 39.5 Å². The molecule has 2 rings (SSSR count). The first-order valence-electron chi connectivity index (χ1n) is 7.28. The Kier molecular flexibility index (Phi) is 5.37. The van der Waals surface area contributed by atoms with Crippen LogP contribution in [0.15, 0.2) is 0 Å². The number of morpholine rings is 1. The van der Waals surface area contributed by atoms with Gasteiger partial charge in [-0.2, -0.15) is 0 Å². The van der Waals surface area contributed by atoms with E-state index in [-0.39, 0.29) is 12.0 Å². The third kappa shape index (κ3) is 3.49. The fraction of sp³-hybridized carbons (Fsp3) is 0.929. The number of carbonyl (C=O) groups is 1. The number of nitrogens with zero attached hydrogens (tertiary/aromatic N) is 2. The van der Waals surface area contributed by atoms with Crippen molar-refractivity contribution < 1.29 is 19.0 Å². The van der Waals surface area contributed by atoms with E-state index < -0.39 is 5.54 Å². The second-order valence-electron chi connectivity index (χ2n) is 5.85. The van der Waals surface area contributed by atoms with Crippen LogP contribution in [0, 0.1) is 0 Å². The van der Waals surface area contributed by atoms with Crippen molar-refractivity contribution >= 4 is 5.91 Å². The lowest BCUT2D eigenvalue weighted by molar-refractivity contribution is -0.159. The van der Waals surface area contributed by atoms with E-state index in [2.05, 4.69) is 4.90 Å². The number of hydrogen-bond acceptors (Lipinski definition) is 5. The zero-order valence-electron chi connectivity index (χ0n) is 12.8. The second kappa shape index (κ2) is 6.85. The molecular weight excluding hydrogens is 260 g/mol. The van der Waals surface area contributed by atoms with Gasteiger partial charge < -0.3 is 19.1 Å². The van der Waals surface area contributed by atoms with Crippen molar-refractivity contribution in [3.8, 4) is 0 Å². The van der Waals surface area contributed by atoms with Crippen LogP contribution in [0.3, 0.4) is 0 Å². The Morgan fingerprint density at radius 3 is 2.50 bits per heavy atom. The van der Waals surface area contributed by atoms with Crippen molar-refractivity contribution in [1.82, 2.24) is 9.80 Å². The minimum atomic E-state index is -0.457. The number of hydrogen-bond donors (Lipinski definition) is 0.